The number of likely N-dealkylation sites (N-methyl/N-ethyl adjacent to an activating group) is 1. The second-order valence-corrected chi connectivity index (χ2v) is 6.88. The van der Waals surface area contributed by atoms with Crippen LogP contribution in [0.15, 0.2) is 6.20 Å². The summed E-state index contributed by atoms with van der Waals surface area (Å²) in [5.41, 5.74) is 1.33. The fourth-order valence-corrected chi connectivity index (χ4v) is 2.46. The summed E-state index contributed by atoms with van der Waals surface area (Å²) in [4.78, 5) is 7.15. The van der Waals surface area contributed by atoms with Crippen molar-refractivity contribution in [3.63, 3.8) is 0 Å². The van der Waals surface area contributed by atoms with Gasteiger partial charge in [0.25, 0.3) is 0 Å². The molecule has 1 aromatic heterocycles. The first-order chi connectivity index (χ1) is 8.88. The third-order valence-electron chi connectivity index (χ3n) is 3.74. The van der Waals surface area contributed by atoms with E-state index in [0.717, 1.165) is 19.6 Å². The molecule has 1 saturated heterocycles. The maximum absolute atomic E-state index is 4.92. The molecule has 4 nitrogen and oxygen atoms in total. The highest BCUT2D eigenvalue weighted by Crippen LogP contribution is 2.27. The second-order valence-electron chi connectivity index (χ2n) is 6.88. The molecule has 1 fully saturated rings. The quantitative estimate of drug-likeness (QED) is 0.905. The maximum Gasteiger partial charge on any atom is 0.126 e. The zero-order chi connectivity index (χ0) is 14.0. The van der Waals surface area contributed by atoms with E-state index in [-0.39, 0.29) is 5.41 Å². The number of hydrogen-bond donors (Lipinski definition) is 1. The monoisotopic (exact) mass is 264 g/mol. The molecule has 0 saturated carbocycles. The van der Waals surface area contributed by atoms with Gasteiger partial charge < -0.3 is 14.8 Å². The first-order valence-corrected chi connectivity index (χ1v) is 7.33. The van der Waals surface area contributed by atoms with E-state index in [1.807, 2.05) is 0 Å². The van der Waals surface area contributed by atoms with Crippen molar-refractivity contribution in [1.82, 2.24) is 19.8 Å². The molecule has 0 aliphatic carbocycles. The third-order valence-corrected chi connectivity index (χ3v) is 3.74. The number of rotatable bonds is 4. The van der Waals surface area contributed by atoms with Crippen LogP contribution >= 0.6 is 0 Å². The Hall–Kier alpha value is -0.870. The van der Waals surface area contributed by atoms with Crippen LogP contribution in [0, 0.1) is 0 Å². The Labute approximate surface area is 117 Å². The average Bonchev–Trinajstić information content (AvgIpc) is 2.94. The van der Waals surface area contributed by atoms with Gasteiger partial charge in [0.15, 0.2) is 0 Å². The number of imidazole rings is 1. The molecule has 1 atom stereocenters. The smallest absolute Gasteiger partial charge is 0.126 e. The summed E-state index contributed by atoms with van der Waals surface area (Å²) in [6.07, 6.45) is 4.72. The largest absolute Gasteiger partial charge is 0.332 e. The van der Waals surface area contributed by atoms with E-state index in [0.29, 0.717) is 6.04 Å². The van der Waals surface area contributed by atoms with E-state index in [1.54, 1.807) is 0 Å². The van der Waals surface area contributed by atoms with E-state index < -0.39 is 0 Å². The van der Waals surface area contributed by atoms with Crippen LogP contribution in [0.2, 0.25) is 0 Å². The highest BCUT2D eigenvalue weighted by Gasteiger charge is 2.25. The lowest BCUT2D eigenvalue weighted by atomic mass is 9.93. The van der Waals surface area contributed by atoms with Gasteiger partial charge >= 0.3 is 0 Å². The molecule has 108 valence electrons. The van der Waals surface area contributed by atoms with Gasteiger partial charge in [-0.25, -0.2) is 4.98 Å². The highest BCUT2D eigenvalue weighted by molar-refractivity contribution is 5.16. The molecule has 4 heteroatoms. The van der Waals surface area contributed by atoms with Crippen LogP contribution in [0.1, 0.15) is 51.2 Å². The van der Waals surface area contributed by atoms with Gasteiger partial charge in [0.1, 0.15) is 5.82 Å². The molecule has 2 rings (SSSR count). The molecular weight excluding hydrogens is 236 g/mol. The number of hydrogen-bond acceptors (Lipinski definition) is 3. The van der Waals surface area contributed by atoms with Gasteiger partial charge in [0.2, 0.25) is 0 Å². The van der Waals surface area contributed by atoms with Gasteiger partial charge in [0.05, 0.1) is 11.7 Å². The normalized spacial score (nSPS) is 20.4. The zero-order valence-electron chi connectivity index (χ0n) is 13.0. The summed E-state index contributed by atoms with van der Waals surface area (Å²) >= 11 is 0. The van der Waals surface area contributed by atoms with E-state index in [2.05, 4.69) is 55.8 Å². The van der Waals surface area contributed by atoms with Crippen molar-refractivity contribution in [3.8, 4) is 0 Å². The molecule has 1 aliphatic heterocycles. The standard InChI is InChI=1S/C15H28N4/c1-15(2,3)13-11-19(10-9-18(4)5)14(17-13)12-7-6-8-16-12/h11-12,16H,6-10H2,1-5H3/t12-/m0/s1. The Kier molecular flexibility index (Phi) is 4.31. The first-order valence-electron chi connectivity index (χ1n) is 7.33. The van der Waals surface area contributed by atoms with Gasteiger partial charge in [-0.3, -0.25) is 0 Å². The van der Waals surface area contributed by atoms with Gasteiger partial charge in [0, 0.05) is 24.7 Å². The van der Waals surface area contributed by atoms with E-state index in [1.165, 1.54) is 24.4 Å². The zero-order valence-corrected chi connectivity index (χ0v) is 13.0. The average molecular weight is 264 g/mol. The molecule has 0 aromatic carbocycles. The number of nitrogens with one attached hydrogen (secondary N) is 1. The summed E-state index contributed by atoms with van der Waals surface area (Å²) in [6.45, 7) is 9.89. The lowest BCUT2D eigenvalue weighted by molar-refractivity contribution is 0.376. The van der Waals surface area contributed by atoms with Crippen molar-refractivity contribution >= 4 is 0 Å². The van der Waals surface area contributed by atoms with E-state index in [9.17, 15) is 0 Å². The van der Waals surface area contributed by atoms with Crippen LogP contribution in [0.25, 0.3) is 0 Å². The minimum atomic E-state index is 0.122. The summed E-state index contributed by atoms with van der Waals surface area (Å²) in [6, 6.07) is 0.443. The molecule has 0 bridgehead atoms. The predicted molar refractivity (Wildman–Crippen MR) is 79.5 cm³/mol. The molecule has 1 aliphatic rings. The van der Waals surface area contributed by atoms with E-state index >= 15 is 0 Å². The van der Waals surface area contributed by atoms with Crippen LogP contribution < -0.4 is 5.32 Å². The van der Waals surface area contributed by atoms with Crippen LogP contribution in [0.5, 0.6) is 0 Å². The molecule has 2 heterocycles. The van der Waals surface area contributed by atoms with Crippen molar-refractivity contribution < 1.29 is 0 Å². The summed E-state index contributed by atoms with van der Waals surface area (Å²) in [5, 5.41) is 3.57. The molecule has 0 amide bonds. The molecule has 1 N–H and O–H groups in total. The molecule has 0 spiro atoms. The van der Waals surface area contributed by atoms with Crippen LogP contribution in [0.4, 0.5) is 0 Å². The topological polar surface area (TPSA) is 33.1 Å². The minimum absolute atomic E-state index is 0.122. The summed E-state index contributed by atoms with van der Waals surface area (Å²) in [7, 11) is 4.24. The van der Waals surface area contributed by atoms with Crippen molar-refractivity contribution in [3.05, 3.63) is 17.7 Å². The Morgan fingerprint density at radius 1 is 1.42 bits per heavy atom. The fourth-order valence-electron chi connectivity index (χ4n) is 2.46. The van der Waals surface area contributed by atoms with Gasteiger partial charge in [-0.1, -0.05) is 20.8 Å². The minimum Gasteiger partial charge on any atom is -0.332 e. The van der Waals surface area contributed by atoms with Gasteiger partial charge in [-0.2, -0.15) is 0 Å². The maximum atomic E-state index is 4.92. The molecule has 19 heavy (non-hydrogen) atoms. The number of aromatic nitrogens is 2. The third kappa shape index (κ3) is 3.57. The van der Waals surface area contributed by atoms with Crippen molar-refractivity contribution in [2.45, 2.75) is 51.6 Å². The van der Waals surface area contributed by atoms with E-state index in [4.69, 9.17) is 4.98 Å². The van der Waals surface area contributed by atoms with Crippen LogP contribution in [0.3, 0.4) is 0 Å². The summed E-state index contributed by atoms with van der Waals surface area (Å²) in [5.74, 6) is 1.23. The molecular formula is C15H28N4. The first kappa shape index (κ1) is 14.5. The lowest BCUT2D eigenvalue weighted by Gasteiger charge is -2.15. The Balaban J connectivity index is 2.24. The van der Waals surface area contributed by atoms with Crippen molar-refractivity contribution in [2.24, 2.45) is 0 Å². The van der Waals surface area contributed by atoms with Gasteiger partial charge in [-0.15, -0.1) is 0 Å². The SMILES string of the molecule is CN(C)CCn1cc(C(C)(C)C)nc1[C@@H]1CCCN1. The Morgan fingerprint density at radius 3 is 2.68 bits per heavy atom. The highest BCUT2D eigenvalue weighted by atomic mass is 15.2. The van der Waals surface area contributed by atoms with Gasteiger partial charge in [-0.05, 0) is 33.5 Å². The predicted octanol–water partition coefficient (Wildman–Crippen LogP) is 2.17. The Bertz CT molecular complexity index is 408. The Morgan fingerprint density at radius 2 is 2.16 bits per heavy atom. The van der Waals surface area contributed by atoms with Crippen LogP contribution in [-0.2, 0) is 12.0 Å². The van der Waals surface area contributed by atoms with Crippen LogP contribution in [-0.4, -0.2) is 41.6 Å². The molecule has 1 aromatic rings. The molecule has 0 radical (unpaired) electrons. The van der Waals surface area contributed by atoms with Crippen molar-refractivity contribution in [2.75, 3.05) is 27.2 Å². The fraction of sp³-hybridized carbons (Fsp3) is 0.800. The molecule has 0 unspecified atom stereocenters. The summed E-state index contributed by atoms with van der Waals surface area (Å²) < 4.78 is 2.35. The lowest BCUT2D eigenvalue weighted by Crippen LogP contribution is -2.22. The number of nitrogens with zero attached hydrogens (tertiary/aromatic N) is 3. The van der Waals surface area contributed by atoms with Crippen molar-refractivity contribution in [1.29, 1.82) is 0 Å². The second kappa shape index (κ2) is 5.63.